The van der Waals surface area contributed by atoms with Crippen LogP contribution in [0.4, 0.5) is 11.4 Å². The minimum Gasteiger partial charge on any atom is -0.378 e. The highest BCUT2D eigenvalue weighted by molar-refractivity contribution is 5.94. The van der Waals surface area contributed by atoms with E-state index in [1.54, 1.807) is 6.07 Å². The Labute approximate surface area is 128 Å². The van der Waals surface area contributed by atoms with Crippen LogP contribution in [0.2, 0.25) is 0 Å². The predicted octanol–water partition coefficient (Wildman–Crippen LogP) is 2.59. The number of nitrogens with zero attached hydrogens (tertiary/aromatic N) is 2. The van der Waals surface area contributed by atoms with Crippen molar-refractivity contribution in [1.29, 1.82) is 0 Å². The summed E-state index contributed by atoms with van der Waals surface area (Å²) < 4.78 is 0. The van der Waals surface area contributed by atoms with Crippen molar-refractivity contribution in [2.75, 3.05) is 19.0 Å². The molecule has 0 aliphatic heterocycles. The van der Waals surface area contributed by atoms with Crippen LogP contribution in [0.1, 0.15) is 15.9 Å². The Kier molecular flexibility index (Phi) is 4.73. The van der Waals surface area contributed by atoms with Gasteiger partial charge in [-0.15, -0.1) is 0 Å². The Balaban J connectivity index is 2.00. The first-order valence-corrected chi connectivity index (χ1v) is 6.76. The third kappa shape index (κ3) is 3.82. The number of anilines is 1. The minimum atomic E-state index is -0.517. The van der Waals surface area contributed by atoms with Gasteiger partial charge in [0.2, 0.25) is 0 Å². The maximum absolute atomic E-state index is 12.0. The summed E-state index contributed by atoms with van der Waals surface area (Å²) >= 11 is 0. The van der Waals surface area contributed by atoms with Gasteiger partial charge in [-0.3, -0.25) is 14.9 Å². The smallest absolute Gasteiger partial charge is 0.270 e. The molecule has 0 aromatic heterocycles. The normalized spacial score (nSPS) is 10.1. The van der Waals surface area contributed by atoms with Crippen molar-refractivity contribution >= 4 is 17.3 Å². The first-order valence-electron chi connectivity index (χ1n) is 6.76. The molecular formula is C16H17N3O3. The average Bonchev–Trinajstić information content (AvgIpc) is 2.53. The van der Waals surface area contributed by atoms with Crippen LogP contribution in [-0.2, 0) is 6.54 Å². The number of hydrogen-bond acceptors (Lipinski definition) is 4. The van der Waals surface area contributed by atoms with Gasteiger partial charge in [0.15, 0.2) is 0 Å². The van der Waals surface area contributed by atoms with Crippen LogP contribution in [0.15, 0.2) is 48.5 Å². The molecule has 0 unspecified atom stereocenters. The van der Waals surface area contributed by atoms with E-state index in [9.17, 15) is 14.9 Å². The molecule has 0 fully saturated rings. The van der Waals surface area contributed by atoms with Gasteiger partial charge >= 0.3 is 0 Å². The Bertz CT molecular complexity index is 681. The van der Waals surface area contributed by atoms with Crippen molar-refractivity contribution in [3.8, 4) is 0 Å². The Hall–Kier alpha value is -2.89. The molecule has 6 nitrogen and oxygen atoms in total. The van der Waals surface area contributed by atoms with Crippen LogP contribution < -0.4 is 10.2 Å². The van der Waals surface area contributed by atoms with Gasteiger partial charge in [-0.2, -0.15) is 0 Å². The minimum absolute atomic E-state index is 0.0945. The molecule has 0 aliphatic carbocycles. The number of non-ortho nitro benzene ring substituents is 1. The van der Waals surface area contributed by atoms with E-state index in [1.165, 1.54) is 18.2 Å². The molecule has 2 aromatic carbocycles. The fraction of sp³-hybridized carbons (Fsp3) is 0.188. The van der Waals surface area contributed by atoms with E-state index in [1.807, 2.05) is 43.3 Å². The van der Waals surface area contributed by atoms with Gasteiger partial charge in [-0.25, -0.2) is 0 Å². The fourth-order valence-corrected chi connectivity index (χ4v) is 1.96. The number of nitro benzene ring substituents is 1. The lowest BCUT2D eigenvalue weighted by molar-refractivity contribution is -0.384. The van der Waals surface area contributed by atoms with Crippen LogP contribution in [-0.4, -0.2) is 24.9 Å². The number of carbonyl (C=O) groups is 1. The number of carbonyl (C=O) groups excluding carboxylic acids is 1. The van der Waals surface area contributed by atoms with Gasteiger partial charge in [0.25, 0.3) is 11.6 Å². The van der Waals surface area contributed by atoms with E-state index in [-0.39, 0.29) is 17.2 Å². The van der Waals surface area contributed by atoms with Gasteiger partial charge in [0.05, 0.1) is 4.92 Å². The molecule has 2 aromatic rings. The molecule has 22 heavy (non-hydrogen) atoms. The lowest BCUT2D eigenvalue weighted by Gasteiger charge is -2.13. The topological polar surface area (TPSA) is 75.5 Å². The summed E-state index contributed by atoms with van der Waals surface area (Å²) in [7, 11) is 3.91. The van der Waals surface area contributed by atoms with E-state index in [0.717, 1.165) is 11.3 Å². The zero-order chi connectivity index (χ0) is 16.1. The lowest BCUT2D eigenvalue weighted by Crippen LogP contribution is -2.22. The molecule has 0 bridgehead atoms. The van der Waals surface area contributed by atoms with E-state index in [0.29, 0.717) is 6.54 Å². The highest BCUT2D eigenvalue weighted by Gasteiger charge is 2.11. The standard InChI is InChI=1S/C16H17N3O3/c1-18(2)14-8-6-12(7-9-14)11-17-16(20)13-4-3-5-15(10-13)19(21)22/h3-10H,11H2,1-2H3,(H,17,20). The maximum atomic E-state index is 12.0. The molecule has 0 spiro atoms. The highest BCUT2D eigenvalue weighted by atomic mass is 16.6. The van der Waals surface area contributed by atoms with E-state index in [4.69, 9.17) is 0 Å². The summed E-state index contributed by atoms with van der Waals surface area (Å²) in [6.07, 6.45) is 0. The number of nitro groups is 1. The van der Waals surface area contributed by atoms with Crippen molar-refractivity contribution < 1.29 is 9.72 Å². The summed E-state index contributed by atoms with van der Waals surface area (Å²) in [6, 6.07) is 13.5. The highest BCUT2D eigenvalue weighted by Crippen LogP contribution is 2.14. The van der Waals surface area contributed by atoms with Crippen molar-refractivity contribution in [3.63, 3.8) is 0 Å². The summed E-state index contributed by atoms with van der Waals surface area (Å²) in [6.45, 7) is 0.370. The van der Waals surface area contributed by atoms with Crippen LogP contribution in [0.3, 0.4) is 0 Å². The SMILES string of the molecule is CN(C)c1ccc(CNC(=O)c2cccc([N+](=O)[O-])c2)cc1. The second-order valence-corrected chi connectivity index (χ2v) is 5.05. The number of hydrogen-bond donors (Lipinski definition) is 1. The van der Waals surface area contributed by atoms with Crippen LogP contribution in [0.5, 0.6) is 0 Å². The molecule has 0 atom stereocenters. The number of benzene rings is 2. The van der Waals surface area contributed by atoms with Gasteiger partial charge in [-0.1, -0.05) is 18.2 Å². The van der Waals surface area contributed by atoms with Crippen molar-refractivity contribution in [2.24, 2.45) is 0 Å². The van der Waals surface area contributed by atoms with Gasteiger partial charge in [0, 0.05) is 44.0 Å². The van der Waals surface area contributed by atoms with Gasteiger partial charge < -0.3 is 10.2 Å². The maximum Gasteiger partial charge on any atom is 0.270 e. The monoisotopic (exact) mass is 299 g/mol. The predicted molar refractivity (Wildman–Crippen MR) is 85.0 cm³/mol. The molecule has 114 valence electrons. The third-order valence-corrected chi connectivity index (χ3v) is 3.22. The zero-order valence-corrected chi connectivity index (χ0v) is 12.4. The number of rotatable bonds is 5. The third-order valence-electron chi connectivity index (χ3n) is 3.22. The Morgan fingerprint density at radius 3 is 2.45 bits per heavy atom. The largest absolute Gasteiger partial charge is 0.378 e. The zero-order valence-electron chi connectivity index (χ0n) is 12.4. The van der Waals surface area contributed by atoms with E-state index < -0.39 is 4.92 Å². The molecule has 6 heteroatoms. The summed E-state index contributed by atoms with van der Waals surface area (Å²) in [5.74, 6) is -0.333. The average molecular weight is 299 g/mol. The van der Waals surface area contributed by atoms with Gasteiger partial charge in [0.1, 0.15) is 0 Å². The molecule has 1 amide bonds. The van der Waals surface area contributed by atoms with Crippen LogP contribution in [0, 0.1) is 10.1 Å². The quantitative estimate of drug-likeness (QED) is 0.680. The molecule has 0 saturated heterocycles. The number of amides is 1. The molecule has 0 heterocycles. The number of nitrogens with one attached hydrogen (secondary N) is 1. The summed E-state index contributed by atoms with van der Waals surface area (Å²) in [5.41, 5.74) is 2.22. The molecule has 0 saturated carbocycles. The van der Waals surface area contributed by atoms with Crippen LogP contribution in [0.25, 0.3) is 0 Å². The van der Waals surface area contributed by atoms with E-state index in [2.05, 4.69) is 5.32 Å². The van der Waals surface area contributed by atoms with Crippen LogP contribution >= 0.6 is 0 Å². The Morgan fingerprint density at radius 2 is 1.86 bits per heavy atom. The molecular weight excluding hydrogens is 282 g/mol. The molecule has 0 radical (unpaired) electrons. The van der Waals surface area contributed by atoms with Gasteiger partial charge in [-0.05, 0) is 23.8 Å². The lowest BCUT2D eigenvalue weighted by atomic mass is 10.1. The molecule has 1 N–H and O–H groups in total. The second kappa shape index (κ2) is 6.71. The first-order chi connectivity index (χ1) is 10.5. The summed E-state index contributed by atoms with van der Waals surface area (Å²) in [5, 5.41) is 13.5. The second-order valence-electron chi connectivity index (χ2n) is 5.05. The first kappa shape index (κ1) is 15.5. The summed E-state index contributed by atoms with van der Waals surface area (Å²) in [4.78, 5) is 24.2. The van der Waals surface area contributed by atoms with E-state index >= 15 is 0 Å². The van der Waals surface area contributed by atoms with Crippen molar-refractivity contribution in [2.45, 2.75) is 6.54 Å². The fourth-order valence-electron chi connectivity index (χ4n) is 1.96. The van der Waals surface area contributed by atoms with Crippen molar-refractivity contribution in [1.82, 2.24) is 5.32 Å². The Morgan fingerprint density at radius 1 is 1.18 bits per heavy atom. The molecule has 0 aliphatic rings. The van der Waals surface area contributed by atoms with Crippen molar-refractivity contribution in [3.05, 3.63) is 69.8 Å². The molecule has 2 rings (SSSR count).